The number of rotatable bonds is 19. The monoisotopic (exact) mass is 829 g/mol. The standard InChI is InChI=1S/C41H51N9O10/c1-41(2,3)60-40(56)48-33(22-26-16-18-28(51)19-17-26)37(54)46-32(21-25-11-6-5-7-12-25)36(53)45-31(15-10-20-43-39(42)49-50(57)58)35(52)47-34(38(55)59-4)23-27-24-44-30-14-9-8-13-29(27)30/h5-9,11-14,16-19,24,31-34,44,51H,10,15,20-23H2,1-4H3,(H,45,53)(H,46,54)(H,47,52)(H,48,56)(H3,42,43,49)/t31-,32+,33-,34-/m0/s1. The number of para-hydroxylation sites is 1. The number of nitrogens with zero attached hydrogens (tertiary/aromatic N) is 2. The Hall–Kier alpha value is -7.18. The Balaban J connectivity index is 1.62. The van der Waals surface area contributed by atoms with Gasteiger partial charge in [0.2, 0.25) is 17.7 Å². The van der Waals surface area contributed by atoms with Gasteiger partial charge in [-0.25, -0.2) is 19.7 Å². The van der Waals surface area contributed by atoms with Crippen molar-refractivity contribution >= 4 is 46.6 Å². The zero-order valence-corrected chi connectivity index (χ0v) is 33.7. The lowest BCUT2D eigenvalue weighted by atomic mass is 10.0. The highest BCUT2D eigenvalue weighted by atomic mass is 16.7. The van der Waals surface area contributed by atoms with Gasteiger partial charge < -0.3 is 51.9 Å². The molecule has 3 aromatic carbocycles. The number of phenols is 1. The van der Waals surface area contributed by atoms with Crippen LogP contribution in [0.2, 0.25) is 0 Å². The van der Waals surface area contributed by atoms with E-state index in [9.17, 15) is 39.2 Å². The van der Waals surface area contributed by atoms with Crippen LogP contribution in [0.15, 0.2) is 90.2 Å². The van der Waals surface area contributed by atoms with Gasteiger partial charge in [0, 0.05) is 42.9 Å². The summed E-state index contributed by atoms with van der Waals surface area (Å²) in [6.45, 7) is 5.00. The second-order valence-electron chi connectivity index (χ2n) is 14.8. The van der Waals surface area contributed by atoms with Crippen LogP contribution in [0.5, 0.6) is 5.75 Å². The molecule has 4 atom stereocenters. The summed E-state index contributed by atoms with van der Waals surface area (Å²) < 4.78 is 10.4. The average molecular weight is 830 g/mol. The van der Waals surface area contributed by atoms with Gasteiger partial charge in [0.1, 0.15) is 40.6 Å². The molecule has 4 amide bonds. The van der Waals surface area contributed by atoms with E-state index in [1.54, 1.807) is 69.4 Å². The molecule has 0 aliphatic carbocycles. The average Bonchev–Trinajstić information content (AvgIpc) is 3.60. The Kier molecular flexibility index (Phi) is 16.3. The van der Waals surface area contributed by atoms with Gasteiger partial charge in [0.05, 0.1) is 7.11 Å². The summed E-state index contributed by atoms with van der Waals surface area (Å²) in [7, 11) is 1.18. The van der Waals surface area contributed by atoms with Crippen LogP contribution in [-0.2, 0) is 47.9 Å². The van der Waals surface area contributed by atoms with E-state index in [1.807, 2.05) is 24.3 Å². The summed E-state index contributed by atoms with van der Waals surface area (Å²) in [5, 5.41) is 36.7. The van der Waals surface area contributed by atoms with Crippen LogP contribution >= 0.6 is 0 Å². The molecule has 0 spiro atoms. The summed E-state index contributed by atoms with van der Waals surface area (Å²) in [4.78, 5) is 82.3. The smallest absolute Gasteiger partial charge is 0.408 e. The Labute approximate surface area is 346 Å². The minimum Gasteiger partial charge on any atom is -0.508 e. The third kappa shape index (κ3) is 14.6. The van der Waals surface area contributed by atoms with Crippen LogP contribution in [0.25, 0.3) is 10.9 Å². The number of hydrazone groups is 1. The van der Waals surface area contributed by atoms with Gasteiger partial charge in [0.15, 0.2) is 5.03 Å². The van der Waals surface area contributed by atoms with E-state index in [4.69, 9.17) is 15.2 Å². The predicted octanol–water partition coefficient (Wildman–Crippen LogP) is 2.30. The van der Waals surface area contributed by atoms with Crippen molar-refractivity contribution in [2.24, 2.45) is 10.8 Å². The molecule has 4 aromatic rings. The molecular formula is C41H51N9O10. The van der Waals surface area contributed by atoms with Gasteiger partial charge in [-0.15, -0.1) is 0 Å². The Bertz CT molecular complexity index is 2140. The van der Waals surface area contributed by atoms with Gasteiger partial charge in [-0.3, -0.25) is 14.4 Å². The largest absolute Gasteiger partial charge is 0.508 e. The van der Waals surface area contributed by atoms with E-state index in [-0.39, 0.29) is 44.4 Å². The van der Waals surface area contributed by atoms with Crippen LogP contribution in [0.1, 0.15) is 50.3 Å². The fourth-order valence-electron chi connectivity index (χ4n) is 6.17. The highest BCUT2D eigenvalue weighted by Crippen LogP contribution is 2.20. The zero-order valence-electron chi connectivity index (χ0n) is 33.7. The third-order valence-corrected chi connectivity index (χ3v) is 9.00. The molecule has 0 bridgehead atoms. The summed E-state index contributed by atoms with van der Waals surface area (Å²) in [5.41, 5.74) is 7.44. The fraction of sp³-hybridized carbons (Fsp3) is 0.366. The first-order chi connectivity index (χ1) is 28.5. The van der Waals surface area contributed by atoms with E-state index < -0.39 is 70.5 Å². The molecule has 320 valence electrons. The number of nitro groups is 1. The normalized spacial score (nSPS) is 13.5. The number of nitrogens with two attached hydrogens (primary N) is 1. The number of aromatic nitrogens is 1. The van der Waals surface area contributed by atoms with Crippen molar-refractivity contribution in [2.75, 3.05) is 13.7 Å². The second kappa shape index (κ2) is 21.5. The third-order valence-electron chi connectivity index (χ3n) is 9.00. The van der Waals surface area contributed by atoms with Gasteiger partial charge in [-0.1, -0.05) is 60.7 Å². The van der Waals surface area contributed by atoms with Crippen molar-refractivity contribution in [1.29, 1.82) is 0 Å². The molecular weight excluding hydrogens is 779 g/mol. The quantitative estimate of drug-likeness (QED) is 0.0169. The number of esters is 1. The van der Waals surface area contributed by atoms with Gasteiger partial charge >= 0.3 is 12.1 Å². The van der Waals surface area contributed by atoms with E-state index in [0.29, 0.717) is 11.1 Å². The first kappa shape index (κ1) is 45.5. The highest BCUT2D eigenvalue weighted by molar-refractivity contribution is 5.95. The molecule has 0 aliphatic heterocycles. The number of carbonyl (C=O) groups is 5. The molecule has 0 saturated heterocycles. The molecule has 0 unspecified atom stereocenters. The number of aromatic amines is 1. The first-order valence-electron chi connectivity index (χ1n) is 19.1. The van der Waals surface area contributed by atoms with Crippen LogP contribution in [-0.4, -0.2) is 94.3 Å². The molecule has 1 aromatic heterocycles. The number of fused-ring (bicyclic) bond motifs is 1. The van der Waals surface area contributed by atoms with E-state index in [2.05, 4.69) is 36.7 Å². The number of methoxy groups -OCH3 is 1. The number of benzene rings is 3. The SMILES string of the molecule is COC(=O)[C@H](Cc1c[nH]c2ccccc12)NC(=O)[C@H](CCCN/C(N)=N/[N+](=O)[O-])NC(=O)[C@@H](Cc1ccccc1)NC(=O)[C@H](Cc1ccc(O)cc1)NC(=O)OC(C)(C)C. The first-order valence-corrected chi connectivity index (χ1v) is 19.1. The van der Waals surface area contributed by atoms with E-state index in [1.165, 1.54) is 19.2 Å². The van der Waals surface area contributed by atoms with Crippen LogP contribution < -0.4 is 32.3 Å². The summed E-state index contributed by atoms with van der Waals surface area (Å²) >= 11 is 0. The van der Waals surface area contributed by atoms with Crippen molar-refractivity contribution in [3.8, 4) is 5.75 Å². The number of carbonyl (C=O) groups excluding carboxylic acids is 5. The van der Waals surface area contributed by atoms with Crippen LogP contribution in [0, 0.1) is 10.1 Å². The molecule has 1 heterocycles. The maximum atomic E-state index is 14.3. The van der Waals surface area contributed by atoms with Crippen LogP contribution in [0.4, 0.5) is 4.79 Å². The number of nitrogens with one attached hydrogen (secondary N) is 6. The topological polar surface area (TPSA) is 282 Å². The second-order valence-corrected chi connectivity index (χ2v) is 14.8. The zero-order chi connectivity index (χ0) is 43.8. The minimum atomic E-state index is -1.31. The Morgan fingerprint density at radius 3 is 2.00 bits per heavy atom. The van der Waals surface area contributed by atoms with Crippen molar-refractivity contribution in [3.63, 3.8) is 0 Å². The number of alkyl carbamates (subject to hydrolysis) is 1. The Morgan fingerprint density at radius 1 is 0.800 bits per heavy atom. The van der Waals surface area contributed by atoms with Gasteiger partial charge in [-0.05, 0) is 68.5 Å². The maximum absolute atomic E-state index is 14.3. The summed E-state index contributed by atoms with van der Waals surface area (Å²) in [6, 6.07) is 17.2. The van der Waals surface area contributed by atoms with E-state index >= 15 is 0 Å². The minimum absolute atomic E-state index is 0.00199. The molecule has 19 heteroatoms. The number of hydrogen-bond donors (Lipinski definition) is 8. The number of amides is 4. The Morgan fingerprint density at radius 2 is 1.37 bits per heavy atom. The molecule has 60 heavy (non-hydrogen) atoms. The molecule has 19 nitrogen and oxygen atoms in total. The van der Waals surface area contributed by atoms with Gasteiger partial charge in [-0.2, -0.15) is 0 Å². The predicted molar refractivity (Wildman–Crippen MR) is 221 cm³/mol. The highest BCUT2D eigenvalue weighted by Gasteiger charge is 2.33. The fourth-order valence-corrected chi connectivity index (χ4v) is 6.17. The van der Waals surface area contributed by atoms with Crippen molar-refractivity contribution < 1.29 is 43.6 Å². The number of ether oxygens (including phenoxy) is 2. The number of aromatic hydroxyl groups is 1. The molecule has 4 rings (SSSR count). The van der Waals surface area contributed by atoms with Gasteiger partial charge in [0.25, 0.3) is 5.96 Å². The number of hydrogen-bond acceptors (Lipinski definition) is 10. The molecule has 9 N–H and O–H groups in total. The summed E-state index contributed by atoms with van der Waals surface area (Å²) in [5.74, 6) is -3.50. The molecule has 0 fully saturated rings. The van der Waals surface area contributed by atoms with Crippen molar-refractivity contribution in [2.45, 2.75) is 82.6 Å². The lowest BCUT2D eigenvalue weighted by Crippen LogP contribution is -2.59. The lowest BCUT2D eigenvalue weighted by molar-refractivity contribution is -0.485. The van der Waals surface area contributed by atoms with Crippen LogP contribution in [0.3, 0.4) is 0 Å². The van der Waals surface area contributed by atoms with Crippen molar-refractivity contribution in [3.05, 3.63) is 112 Å². The molecule has 0 radical (unpaired) electrons. The maximum Gasteiger partial charge on any atom is 0.408 e. The summed E-state index contributed by atoms with van der Waals surface area (Å²) in [6.07, 6.45) is 0.862. The van der Waals surface area contributed by atoms with Crippen molar-refractivity contribution in [1.82, 2.24) is 31.6 Å². The number of guanidine groups is 1. The van der Waals surface area contributed by atoms with E-state index in [0.717, 1.165) is 16.5 Å². The number of H-pyrrole nitrogens is 1. The lowest BCUT2D eigenvalue weighted by Gasteiger charge is -2.27. The molecule has 0 saturated carbocycles. The molecule has 0 aliphatic rings. The number of phenolic OH excluding ortho intramolecular Hbond substituents is 1.